The molecule has 1 aliphatic rings. The smallest absolute Gasteiger partial charge is 0.306 e. The van der Waals surface area contributed by atoms with E-state index < -0.39 is 11.6 Å². The standard InChI is InChI=1S/C9H18N2O2/c1-9(10,7-8(12)13)11-5-3-2-4-6-11/h2-7,10H2,1H3,(H,12,13)/t9-/m1/s1. The molecule has 0 radical (unpaired) electrons. The molecular formula is C9H18N2O2. The number of piperidine rings is 1. The predicted molar refractivity (Wildman–Crippen MR) is 50.3 cm³/mol. The lowest BCUT2D eigenvalue weighted by Gasteiger charge is -2.39. The van der Waals surface area contributed by atoms with Gasteiger partial charge >= 0.3 is 5.97 Å². The monoisotopic (exact) mass is 186 g/mol. The van der Waals surface area contributed by atoms with E-state index in [0.29, 0.717) is 0 Å². The van der Waals surface area contributed by atoms with Crippen LogP contribution in [0.25, 0.3) is 0 Å². The maximum Gasteiger partial charge on any atom is 0.306 e. The summed E-state index contributed by atoms with van der Waals surface area (Å²) in [5, 5.41) is 8.67. The van der Waals surface area contributed by atoms with Crippen molar-refractivity contribution >= 4 is 5.97 Å². The van der Waals surface area contributed by atoms with E-state index >= 15 is 0 Å². The number of nitrogens with zero attached hydrogens (tertiary/aromatic N) is 1. The minimum atomic E-state index is -0.824. The first-order chi connectivity index (χ1) is 6.02. The van der Waals surface area contributed by atoms with Gasteiger partial charge in [-0.3, -0.25) is 9.69 Å². The maximum absolute atomic E-state index is 10.6. The van der Waals surface area contributed by atoms with E-state index in [1.54, 1.807) is 6.92 Å². The highest BCUT2D eigenvalue weighted by Gasteiger charge is 2.30. The summed E-state index contributed by atoms with van der Waals surface area (Å²) in [6, 6.07) is 0. The first-order valence-corrected chi connectivity index (χ1v) is 4.78. The molecule has 1 aliphatic heterocycles. The van der Waals surface area contributed by atoms with E-state index in [9.17, 15) is 4.79 Å². The van der Waals surface area contributed by atoms with Crippen molar-refractivity contribution in [1.82, 2.24) is 4.90 Å². The Morgan fingerprint density at radius 2 is 2.00 bits per heavy atom. The average Bonchev–Trinajstić information content (AvgIpc) is 2.04. The van der Waals surface area contributed by atoms with Crippen LogP contribution in [0.1, 0.15) is 32.6 Å². The van der Waals surface area contributed by atoms with Gasteiger partial charge in [0.2, 0.25) is 0 Å². The van der Waals surface area contributed by atoms with Gasteiger partial charge in [-0.1, -0.05) is 6.42 Å². The van der Waals surface area contributed by atoms with Crippen LogP contribution in [-0.2, 0) is 4.79 Å². The van der Waals surface area contributed by atoms with E-state index in [4.69, 9.17) is 10.8 Å². The van der Waals surface area contributed by atoms with E-state index in [0.717, 1.165) is 25.9 Å². The summed E-state index contributed by atoms with van der Waals surface area (Å²) in [4.78, 5) is 12.6. The summed E-state index contributed by atoms with van der Waals surface area (Å²) >= 11 is 0. The lowest BCUT2D eigenvalue weighted by molar-refractivity contribution is -0.140. The molecule has 0 aromatic rings. The Bertz CT molecular complexity index is 186. The summed E-state index contributed by atoms with van der Waals surface area (Å²) in [6.07, 6.45) is 3.52. The van der Waals surface area contributed by atoms with Crippen molar-refractivity contribution in [3.63, 3.8) is 0 Å². The zero-order chi connectivity index (χ0) is 9.90. The van der Waals surface area contributed by atoms with Gasteiger partial charge in [-0.15, -0.1) is 0 Å². The van der Waals surface area contributed by atoms with Gasteiger partial charge in [0.1, 0.15) is 0 Å². The average molecular weight is 186 g/mol. The molecule has 0 spiro atoms. The number of nitrogens with two attached hydrogens (primary N) is 1. The van der Waals surface area contributed by atoms with Gasteiger partial charge < -0.3 is 10.8 Å². The fraction of sp³-hybridized carbons (Fsp3) is 0.889. The highest BCUT2D eigenvalue weighted by molar-refractivity contribution is 5.68. The van der Waals surface area contributed by atoms with Crippen LogP contribution >= 0.6 is 0 Å². The third-order valence-corrected chi connectivity index (χ3v) is 2.59. The first-order valence-electron chi connectivity index (χ1n) is 4.78. The van der Waals surface area contributed by atoms with Crippen molar-refractivity contribution in [1.29, 1.82) is 0 Å². The molecule has 1 atom stereocenters. The van der Waals surface area contributed by atoms with Crippen LogP contribution in [-0.4, -0.2) is 34.7 Å². The minimum absolute atomic E-state index is 0.0208. The molecule has 0 aliphatic carbocycles. The van der Waals surface area contributed by atoms with Crippen molar-refractivity contribution in [2.45, 2.75) is 38.3 Å². The van der Waals surface area contributed by atoms with Crippen LogP contribution in [0.2, 0.25) is 0 Å². The molecule has 1 rings (SSSR count). The van der Waals surface area contributed by atoms with E-state index in [1.165, 1.54) is 6.42 Å². The lowest BCUT2D eigenvalue weighted by atomic mass is 10.0. The third kappa shape index (κ3) is 2.97. The Labute approximate surface area is 78.7 Å². The molecule has 3 N–H and O–H groups in total. The van der Waals surface area contributed by atoms with Crippen molar-refractivity contribution in [2.24, 2.45) is 5.73 Å². The maximum atomic E-state index is 10.6. The number of carboxylic acid groups (broad SMARTS) is 1. The topological polar surface area (TPSA) is 66.6 Å². The molecule has 0 aromatic carbocycles. The Kier molecular flexibility index (Phi) is 3.27. The number of carbonyl (C=O) groups is 1. The number of rotatable bonds is 3. The van der Waals surface area contributed by atoms with E-state index in [2.05, 4.69) is 4.90 Å². The van der Waals surface area contributed by atoms with Crippen LogP contribution in [0, 0.1) is 0 Å². The van der Waals surface area contributed by atoms with Crippen LogP contribution < -0.4 is 5.73 Å². The number of carboxylic acids is 1. The fourth-order valence-electron chi connectivity index (χ4n) is 1.82. The van der Waals surface area contributed by atoms with Gasteiger partial charge in [0.25, 0.3) is 0 Å². The number of likely N-dealkylation sites (tertiary alicyclic amines) is 1. The van der Waals surface area contributed by atoms with Gasteiger partial charge in [-0.25, -0.2) is 0 Å². The van der Waals surface area contributed by atoms with Gasteiger partial charge in [-0.05, 0) is 32.9 Å². The van der Waals surface area contributed by atoms with Crippen molar-refractivity contribution in [3.05, 3.63) is 0 Å². The Hall–Kier alpha value is -0.610. The van der Waals surface area contributed by atoms with Gasteiger partial charge in [-0.2, -0.15) is 0 Å². The number of hydrogen-bond donors (Lipinski definition) is 2. The zero-order valence-electron chi connectivity index (χ0n) is 8.12. The first kappa shape index (κ1) is 10.5. The molecule has 0 saturated carbocycles. The molecular weight excluding hydrogens is 168 g/mol. The van der Waals surface area contributed by atoms with Crippen LogP contribution in [0.15, 0.2) is 0 Å². The molecule has 0 aromatic heterocycles. The minimum Gasteiger partial charge on any atom is -0.481 e. The van der Waals surface area contributed by atoms with E-state index in [1.807, 2.05) is 0 Å². The summed E-state index contributed by atoms with van der Waals surface area (Å²) in [6.45, 7) is 3.66. The fourth-order valence-corrected chi connectivity index (χ4v) is 1.82. The normalized spacial score (nSPS) is 23.8. The second-order valence-corrected chi connectivity index (χ2v) is 3.98. The summed E-state index contributed by atoms with van der Waals surface area (Å²) in [5.41, 5.74) is 5.26. The molecule has 0 unspecified atom stereocenters. The molecule has 1 saturated heterocycles. The molecule has 4 nitrogen and oxygen atoms in total. The Morgan fingerprint density at radius 1 is 1.46 bits per heavy atom. The molecule has 4 heteroatoms. The zero-order valence-corrected chi connectivity index (χ0v) is 8.12. The highest BCUT2D eigenvalue weighted by atomic mass is 16.4. The quantitative estimate of drug-likeness (QED) is 0.678. The Morgan fingerprint density at radius 3 is 2.46 bits per heavy atom. The highest BCUT2D eigenvalue weighted by Crippen LogP contribution is 2.19. The molecule has 0 bridgehead atoms. The van der Waals surface area contributed by atoms with Crippen molar-refractivity contribution in [3.8, 4) is 0 Å². The van der Waals surface area contributed by atoms with Gasteiger partial charge in [0.05, 0.1) is 12.1 Å². The molecule has 0 amide bonds. The molecule has 1 fully saturated rings. The van der Waals surface area contributed by atoms with Crippen LogP contribution in [0.3, 0.4) is 0 Å². The molecule has 13 heavy (non-hydrogen) atoms. The predicted octanol–water partition coefficient (Wildman–Crippen LogP) is 0.622. The van der Waals surface area contributed by atoms with Crippen LogP contribution in [0.4, 0.5) is 0 Å². The lowest BCUT2D eigenvalue weighted by Crippen LogP contribution is -2.56. The summed E-state index contributed by atoms with van der Waals surface area (Å²) in [7, 11) is 0. The summed E-state index contributed by atoms with van der Waals surface area (Å²) in [5.74, 6) is -0.824. The van der Waals surface area contributed by atoms with Crippen molar-refractivity contribution < 1.29 is 9.90 Å². The second kappa shape index (κ2) is 4.07. The van der Waals surface area contributed by atoms with Gasteiger partial charge in [0, 0.05) is 0 Å². The molecule has 76 valence electrons. The number of aliphatic carboxylic acids is 1. The van der Waals surface area contributed by atoms with Gasteiger partial charge in [0.15, 0.2) is 0 Å². The third-order valence-electron chi connectivity index (χ3n) is 2.59. The van der Waals surface area contributed by atoms with Crippen molar-refractivity contribution in [2.75, 3.05) is 13.1 Å². The number of hydrogen-bond acceptors (Lipinski definition) is 3. The SMILES string of the molecule is C[C@](N)(CC(=O)O)N1CCCCC1. The second-order valence-electron chi connectivity index (χ2n) is 3.98. The summed E-state index contributed by atoms with van der Waals surface area (Å²) < 4.78 is 0. The Balaban J connectivity index is 2.50. The van der Waals surface area contributed by atoms with E-state index in [-0.39, 0.29) is 6.42 Å². The largest absolute Gasteiger partial charge is 0.481 e. The van der Waals surface area contributed by atoms with Crippen LogP contribution in [0.5, 0.6) is 0 Å². The molecule has 1 heterocycles.